The average molecular weight is 351 g/mol. The smallest absolute Gasteiger partial charge is 0.258 e. The summed E-state index contributed by atoms with van der Waals surface area (Å²) in [5, 5.41) is 4.20. The van der Waals surface area contributed by atoms with E-state index in [1.165, 1.54) is 24.4 Å². The summed E-state index contributed by atoms with van der Waals surface area (Å²) in [5.74, 6) is 5.05. The number of anilines is 1. The maximum absolute atomic E-state index is 13.4. The Labute approximate surface area is 149 Å². The molecule has 0 saturated carbocycles. The maximum Gasteiger partial charge on any atom is 0.258 e. The molecule has 1 aromatic heterocycles. The number of aliphatic imine (C=N–C) groups is 1. The molecule has 3 aromatic rings. The van der Waals surface area contributed by atoms with Crippen LogP contribution in [0.1, 0.15) is 5.56 Å². The highest BCUT2D eigenvalue weighted by Crippen LogP contribution is 2.18. The number of aromatic nitrogens is 1. The van der Waals surface area contributed by atoms with Gasteiger partial charge in [0.05, 0.1) is 17.5 Å². The van der Waals surface area contributed by atoms with Crippen molar-refractivity contribution in [2.75, 3.05) is 19.0 Å². The summed E-state index contributed by atoms with van der Waals surface area (Å²) in [6.45, 7) is 0. The third kappa shape index (κ3) is 3.61. The summed E-state index contributed by atoms with van der Waals surface area (Å²) in [4.78, 5) is 21.3. The largest absolute Gasteiger partial charge is 0.378 e. The Morgan fingerprint density at radius 2 is 1.88 bits per heavy atom. The Morgan fingerprint density at radius 1 is 1.15 bits per heavy atom. The van der Waals surface area contributed by atoms with Crippen molar-refractivity contribution in [3.05, 3.63) is 70.3 Å². The minimum Gasteiger partial charge on any atom is -0.378 e. The topological polar surface area (TPSA) is 86.8 Å². The van der Waals surface area contributed by atoms with E-state index in [9.17, 15) is 9.18 Å². The van der Waals surface area contributed by atoms with Crippen molar-refractivity contribution in [1.29, 1.82) is 0 Å². The SMILES string of the molecule is CN(C)c1ccc(N=CC(=NN)c2cc3cc(F)ccc3[nH]c2=O)cc1. The number of H-pyrrole nitrogens is 1. The highest BCUT2D eigenvalue weighted by Gasteiger charge is 2.09. The number of fused-ring (bicyclic) bond motifs is 1. The number of nitrogens with one attached hydrogen (secondary N) is 1. The molecule has 0 unspecified atom stereocenters. The number of hydrogen-bond donors (Lipinski definition) is 2. The van der Waals surface area contributed by atoms with Crippen molar-refractivity contribution in [3.63, 3.8) is 0 Å². The highest BCUT2D eigenvalue weighted by molar-refractivity contribution is 6.38. The van der Waals surface area contributed by atoms with Gasteiger partial charge < -0.3 is 15.7 Å². The van der Waals surface area contributed by atoms with Gasteiger partial charge in [-0.1, -0.05) is 0 Å². The summed E-state index contributed by atoms with van der Waals surface area (Å²) in [7, 11) is 3.90. The molecule has 6 nitrogen and oxygen atoms in total. The first-order chi connectivity index (χ1) is 12.5. The van der Waals surface area contributed by atoms with Crippen molar-refractivity contribution in [2.45, 2.75) is 0 Å². The summed E-state index contributed by atoms with van der Waals surface area (Å²) in [5.41, 5.74) is 2.33. The summed E-state index contributed by atoms with van der Waals surface area (Å²) < 4.78 is 13.4. The van der Waals surface area contributed by atoms with Gasteiger partial charge in [0.2, 0.25) is 0 Å². The number of halogens is 1. The molecule has 26 heavy (non-hydrogen) atoms. The van der Waals surface area contributed by atoms with Gasteiger partial charge >= 0.3 is 0 Å². The fourth-order valence-electron chi connectivity index (χ4n) is 2.51. The lowest BCUT2D eigenvalue weighted by atomic mass is 10.1. The Balaban J connectivity index is 1.95. The van der Waals surface area contributed by atoms with Crippen LogP contribution in [-0.4, -0.2) is 31.0 Å². The van der Waals surface area contributed by atoms with Gasteiger partial charge in [-0.25, -0.2) is 4.39 Å². The lowest BCUT2D eigenvalue weighted by Crippen LogP contribution is -2.20. The molecule has 2 aromatic carbocycles. The van der Waals surface area contributed by atoms with E-state index in [1.807, 2.05) is 43.3 Å². The molecule has 0 bridgehead atoms. The van der Waals surface area contributed by atoms with E-state index in [4.69, 9.17) is 5.84 Å². The predicted octanol–water partition coefficient (Wildman–Crippen LogP) is 2.80. The molecule has 0 fully saturated rings. The minimum absolute atomic E-state index is 0.203. The molecular weight excluding hydrogens is 333 g/mol. The van der Waals surface area contributed by atoms with Crippen LogP contribution in [0.5, 0.6) is 0 Å². The molecule has 132 valence electrons. The Morgan fingerprint density at radius 3 is 2.54 bits per heavy atom. The molecular formula is C19H18FN5O. The lowest BCUT2D eigenvalue weighted by molar-refractivity contribution is 0.629. The molecule has 0 amide bonds. The van der Waals surface area contributed by atoms with Gasteiger partial charge in [0.15, 0.2) is 0 Å². The summed E-state index contributed by atoms with van der Waals surface area (Å²) >= 11 is 0. The van der Waals surface area contributed by atoms with Crippen molar-refractivity contribution in [1.82, 2.24) is 4.98 Å². The fraction of sp³-hybridized carbons (Fsp3) is 0.105. The van der Waals surface area contributed by atoms with Crippen molar-refractivity contribution >= 4 is 34.2 Å². The monoisotopic (exact) mass is 351 g/mol. The first kappa shape index (κ1) is 17.3. The van der Waals surface area contributed by atoms with E-state index in [-0.39, 0.29) is 16.8 Å². The van der Waals surface area contributed by atoms with Crippen LogP contribution in [0.15, 0.2) is 63.4 Å². The van der Waals surface area contributed by atoms with E-state index in [1.54, 1.807) is 6.07 Å². The third-order valence-electron chi connectivity index (χ3n) is 3.92. The molecule has 0 atom stereocenters. The molecule has 0 aliphatic carbocycles. The summed E-state index contributed by atoms with van der Waals surface area (Å²) in [6, 6.07) is 13.2. The maximum atomic E-state index is 13.4. The van der Waals surface area contributed by atoms with Gasteiger partial charge in [-0.2, -0.15) is 5.10 Å². The van der Waals surface area contributed by atoms with Crippen molar-refractivity contribution in [2.24, 2.45) is 15.9 Å². The second-order valence-electron chi connectivity index (χ2n) is 5.93. The van der Waals surface area contributed by atoms with E-state index in [2.05, 4.69) is 15.1 Å². The van der Waals surface area contributed by atoms with Crippen molar-refractivity contribution in [3.8, 4) is 0 Å². The standard InChI is InChI=1S/C19H18FN5O/c1-25(2)15-6-4-14(5-7-15)22-11-18(24-21)16-10-12-9-13(20)3-8-17(12)23-19(16)26/h3-11H,21H2,1-2H3,(H,23,26). The number of hydrogen-bond acceptors (Lipinski definition) is 5. The highest BCUT2D eigenvalue weighted by atomic mass is 19.1. The Bertz CT molecular complexity index is 1050. The van der Waals surface area contributed by atoms with Crippen LogP contribution < -0.4 is 16.3 Å². The van der Waals surface area contributed by atoms with Gasteiger partial charge in [0, 0.05) is 30.7 Å². The molecule has 3 N–H and O–H groups in total. The number of nitrogens with two attached hydrogens (primary N) is 1. The normalized spacial score (nSPS) is 12.0. The van der Waals surface area contributed by atoms with Crippen LogP contribution in [-0.2, 0) is 0 Å². The van der Waals surface area contributed by atoms with Crippen LogP contribution in [0.4, 0.5) is 15.8 Å². The zero-order valence-electron chi connectivity index (χ0n) is 14.4. The van der Waals surface area contributed by atoms with Gasteiger partial charge in [-0.15, -0.1) is 0 Å². The second-order valence-corrected chi connectivity index (χ2v) is 5.93. The number of rotatable bonds is 4. The van der Waals surface area contributed by atoms with Crippen molar-refractivity contribution < 1.29 is 4.39 Å². The number of pyridine rings is 1. The Kier molecular flexibility index (Phi) is 4.79. The van der Waals surface area contributed by atoms with Crippen LogP contribution in [0.3, 0.4) is 0 Å². The second kappa shape index (κ2) is 7.18. The lowest BCUT2D eigenvalue weighted by Gasteiger charge is -2.11. The first-order valence-electron chi connectivity index (χ1n) is 7.90. The number of benzene rings is 2. The molecule has 0 radical (unpaired) electrons. The zero-order chi connectivity index (χ0) is 18.7. The van der Waals surface area contributed by atoms with Gasteiger partial charge in [0.25, 0.3) is 5.56 Å². The molecule has 1 heterocycles. The molecule has 7 heteroatoms. The third-order valence-corrected chi connectivity index (χ3v) is 3.92. The van der Waals surface area contributed by atoms with E-state index < -0.39 is 5.82 Å². The molecule has 0 aliphatic rings. The first-order valence-corrected chi connectivity index (χ1v) is 7.90. The van der Waals surface area contributed by atoms with E-state index in [0.29, 0.717) is 16.6 Å². The fourth-order valence-corrected chi connectivity index (χ4v) is 2.51. The predicted molar refractivity (Wildman–Crippen MR) is 104 cm³/mol. The Hall–Kier alpha value is -3.48. The molecule has 0 aliphatic heterocycles. The number of aromatic amines is 1. The summed E-state index contributed by atoms with van der Waals surface area (Å²) in [6.07, 6.45) is 1.42. The molecule has 3 rings (SSSR count). The quantitative estimate of drug-likeness (QED) is 0.430. The molecule has 0 spiro atoms. The van der Waals surface area contributed by atoms with Gasteiger partial charge in [0.1, 0.15) is 11.5 Å². The van der Waals surface area contributed by atoms with E-state index >= 15 is 0 Å². The average Bonchev–Trinajstić information content (AvgIpc) is 2.63. The van der Waals surface area contributed by atoms with Crippen LogP contribution in [0.2, 0.25) is 0 Å². The van der Waals surface area contributed by atoms with Crippen LogP contribution >= 0.6 is 0 Å². The minimum atomic E-state index is -0.392. The molecule has 0 saturated heterocycles. The van der Waals surface area contributed by atoms with Crippen LogP contribution in [0.25, 0.3) is 10.9 Å². The van der Waals surface area contributed by atoms with Gasteiger partial charge in [-0.3, -0.25) is 9.79 Å². The van der Waals surface area contributed by atoms with Crippen LogP contribution in [0, 0.1) is 5.82 Å². The van der Waals surface area contributed by atoms with Gasteiger partial charge in [-0.05, 0) is 48.5 Å². The zero-order valence-corrected chi connectivity index (χ0v) is 14.4. The van der Waals surface area contributed by atoms with E-state index in [0.717, 1.165) is 5.69 Å². The number of hydrazone groups is 1. The number of nitrogens with zero attached hydrogens (tertiary/aromatic N) is 3.